The number of hydrogen-bond acceptors (Lipinski definition) is 4. The molecule has 0 atom stereocenters. The fraction of sp³-hybridized carbons (Fsp3) is 0.400. The third-order valence-corrected chi connectivity index (χ3v) is 1.97. The molecule has 0 aromatic heterocycles. The number of methoxy groups -OCH3 is 2. The first-order valence-electron chi connectivity index (χ1n) is 4.31. The Hall–Kier alpha value is -1.26. The molecular weight excluding hydrogens is 182 g/mol. The van der Waals surface area contributed by atoms with E-state index in [1.807, 2.05) is 19.1 Å². The van der Waals surface area contributed by atoms with Gasteiger partial charge in [0.05, 0.1) is 14.2 Å². The fourth-order valence-corrected chi connectivity index (χ4v) is 1.41. The van der Waals surface area contributed by atoms with Crippen LogP contribution in [-0.4, -0.2) is 19.4 Å². The predicted octanol–water partition coefficient (Wildman–Crippen LogP) is 1.49. The van der Waals surface area contributed by atoms with Gasteiger partial charge >= 0.3 is 0 Å². The van der Waals surface area contributed by atoms with Gasteiger partial charge in [0.15, 0.2) is 11.5 Å². The largest absolute Gasteiger partial charge is 0.493 e. The third-order valence-electron chi connectivity index (χ3n) is 1.97. The number of nitrogens with one attached hydrogen (secondary N) is 1. The van der Waals surface area contributed by atoms with Crippen LogP contribution in [0.15, 0.2) is 12.1 Å². The van der Waals surface area contributed by atoms with Crippen molar-refractivity contribution < 1.29 is 14.7 Å². The molecular formula is C10H15NO3. The number of ether oxygens (including phenoxy) is 2. The fourth-order valence-electron chi connectivity index (χ4n) is 1.41. The van der Waals surface area contributed by atoms with Gasteiger partial charge in [-0.2, -0.15) is 0 Å². The third kappa shape index (κ3) is 2.16. The van der Waals surface area contributed by atoms with Crippen molar-refractivity contribution in [2.75, 3.05) is 14.2 Å². The van der Waals surface area contributed by atoms with Gasteiger partial charge in [-0.05, 0) is 18.6 Å². The molecule has 1 aromatic rings. The van der Waals surface area contributed by atoms with Gasteiger partial charge in [-0.1, -0.05) is 6.07 Å². The average Bonchev–Trinajstić information content (AvgIpc) is 2.17. The minimum Gasteiger partial charge on any atom is -0.493 e. The molecule has 0 unspecified atom stereocenters. The molecule has 4 nitrogen and oxygen atoms in total. The molecule has 2 N–H and O–H groups in total. The van der Waals surface area contributed by atoms with E-state index in [1.165, 1.54) is 0 Å². The molecule has 1 rings (SSSR count). The van der Waals surface area contributed by atoms with Crippen molar-refractivity contribution >= 4 is 0 Å². The van der Waals surface area contributed by atoms with E-state index in [1.54, 1.807) is 14.2 Å². The number of hydroxylamine groups is 1. The van der Waals surface area contributed by atoms with Crippen LogP contribution in [0, 0.1) is 6.92 Å². The molecule has 0 saturated carbocycles. The summed E-state index contributed by atoms with van der Waals surface area (Å²) in [6.45, 7) is 2.30. The highest BCUT2D eigenvalue weighted by Crippen LogP contribution is 2.32. The second-order valence-electron chi connectivity index (χ2n) is 2.99. The van der Waals surface area contributed by atoms with Gasteiger partial charge in [0.1, 0.15) is 0 Å². The van der Waals surface area contributed by atoms with Gasteiger partial charge in [0.25, 0.3) is 0 Å². The lowest BCUT2D eigenvalue weighted by molar-refractivity contribution is 0.160. The summed E-state index contributed by atoms with van der Waals surface area (Å²) in [7, 11) is 3.17. The Labute approximate surface area is 83.4 Å². The van der Waals surface area contributed by atoms with Crippen LogP contribution in [0.4, 0.5) is 0 Å². The summed E-state index contributed by atoms with van der Waals surface area (Å²) in [6.07, 6.45) is 0. The van der Waals surface area contributed by atoms with Crippen LogP contribution in [0.2, 0.25) is 0 Å². The Morgan fingerprint density at radius 1 is 1.29 bits per heavy atom. The SMILES string of the molecule is COc1cc(C)cc(CNO)c1OC. The smallest absolute Gasteiger partial charge is 0.165 e. The van der Waals surface area contributed by atoms with Crippen molar-refractivity contribution in [1.82, 2.24) is 5.48 Å². The highest BCUT2D eigenvalue weighted by molar-refractivity contribution is 5.49. The number of aryl methyl sites for hydroxylation is 1. The van der Waals surface area contributed by atoms with Gasteiger partial charge < -0.3 is 14.7 Å². The summed E-state index contributed by atoms with van der Waals surface area (Å²) in [4.78, 5) is 0. The van der Waals surface area contributed by atoms with Crippen molar-refractivity contribution in [3.8, 4) is 11.5 Å². The van der Waals surface area contributed by atoms with E-state index >= 15 is 0 Å². The lowest BCUT2D eigenvalue weighted by Crippen LogP contribution is -2.08. The zero-order valence-corrected chi connectivity index (χ0v) is 8.63. The number of benzene rings is 1. The molecule has 0 saturated heterocycles. The topological polar surface area (TPSA) is 50.7 Å². The molecule has 0 fully saturated rings. The van der Waals surface area contributed by atoms with Crippen molar-refractivity contribution in [2.45, 2.75) is 13.5 Å². The zero-order valence-electron chi connectivity index (χ0n) is 8.63. The van der Waals surface area contributed by atoms with Crippen LogP contribution in [-0.2, 0) is 6.54 Å². The molecule has 0 aliphatic rings. The van der Waals surface area contributed by atoms with Crippen molar-refractivity contribution in [3.63, 3.8) is 0 Å². The second-order valence-corrected chi connectivity index (χ2v) is 2.99. The maximum atomic E-state index is 8.65. The average molecular weight is 197 g/mol. The second kappa shape index (κ2) is 4.83. The first-order chi connectivity index (χ1) is 6.72. The molecule has 0 spiro atoms. The predicted molar refractivity (Wildman–Crippen MR) is 52.9 cm³/mol. The van der Waals surface area contributed by atoms with Gasteiger partial charge in [0.2, 0.25) is 0 Å². The van der Waals surface area contributed by atoms with Gasteiger partial charge in [0, 0.05) is 12.1 Å². The summed E-state index contributed by atoms with van der Waals surface area (Å²) in [5.74, 6) is 1.33. The first-order valence-corrected chi connectivity index (χ1v) is 4.31. The molecule has 1 aromatic carbocycles. The van der Waals surface area contributed by atoms with E-state index in [0.29, 0.717) is 18.0 Å². The minimum atomic E-state index is 0.335. The van der Waals surface area contributed by atoms with Crippen LogP contribution in [0.25, 0.3) is 0 Å². The van der Waals surface area contributed by atoms with Crippen LogP contribution in [0.5, 0.6) is 11.5 Å². The molecule has 0 aliphatic heterocycles. The van der Waals surface area contributed by atoms with E-state index in [4.69, 9.17) is 14.7 Å². The van der Waals surface area contributed by atoms with E-state index in [2.05, 4.69) is 5.48 Å². The Morgan fingerprint density at radius 3 is 2.50 bits per heavy atom. The highest BCUT2D eigenvalue weighted by atomic mass is 16.5. The monoisotopic (exact) mass is 197 g/mol. The van der Waals surface area contributed by atoms with Gasteiger partial charge in [-0.3, -0.25) is 0 Å². The number of rotatable bonds is 4. The Morgan fingerprint density at radius 2 is 2.00 bits per heavy atom. The summed E-state index contributed by atoms with van der Waals surface area (Å²) in [6, 6.07) is 3.82. The van der Waals surface area contributed by atoms with E-state index in [0.717, 1.165) is 11.1 Å². The molecule has 0 amide bonds. The summed E-state index contributed by atoms with van der Waals surface area (Å²) in [5, 5.41) is 8.65. The summed E-state index contributed by atoms with van der Waals surface area (Å²) < 4.78 is 10.4. The first kappa shape index (κ1) is 10.8. The molecule has 0 aliphatic carbocycles. The normalized spacial score (nSPS) is 10.0. The summed E-state index contributed by atoms with van der Waals surface area (Å²) in [5.41, 5.74) is 4.03. The van der Waals surface area contributed by atoms with E-state index in [-0.39, 0.29) is 0 Å². The number of hydrogen-bond donors (Lipinski definition) is 2. The van der Waals surface area contributed by atoms with Gasteiger partial charge in [-0.15, -0.1) is 0 Å². The van der Waals surface area contributed by atoms with Crippen LogP contribution >= 0.6 is 0 Å². The van der Waals surface area contributed by atoms with Crippen molar-refractivity contribution in [1.29, 1.82) is 0 Å². The van der Waals surface area contributed by atoms with Crippen molar-refractivity contribution in [3.05, 3.63) is 23.3 Å². The van der Waals surface area contributed by atoms with Gasteiger partial charge in [-0.25, -0.2) is 5.48 Å². The maximum Gasteiger partial charge on any atom is 0.165 e. The molecule has 0 heterocycles. The molecule has 78 valence electrons. The standard InChI is InChI=1S/C10H15NO3/c1-7-4-8(6-11-12)10(14-3)9(5-7)13-2/h4-5,11-12H,6H2,1-3H3. The maximum absolute atomic E-state index is 8.65. The van der Waals surface area contributed by atoms with Crippen molar-refractivity contribution in [2.24, 2.45) is 0 Å². The molecule has 4 heteroatoms. The van der Waals surface area contributed by atoms with E-state index in [9.17, 15) is 0 Å². The Bertz CT molecular complexity index is 312. The molecule has 0 radical (unpaired) electrons. The lowest BCUT2D eigenvalue weighted by atomic mass is 10.1. The Kier molecular flexibility index (Phi) is 3.73. The highest BCUT2D eigenvalue weighted by Gasteiger charge is 2.10. The minimum absolute atomic E-state index is 0.335. The zero-order chi connectivity index (χ0) is 10.6. The summed E-state index contributed by atoms with van der Waals surface area (Å²) >= 11 is 0. The Balaban J connectivity index is 3.17. The van der Waals surface area contributed by atoms with E-state index < -0.39 is 0 Å². The molecule has 0 bridgehead atoms. The quantitative estimate of drug-likeness (QED) is 0.718. The van der Waals surface area contributed by atoms with Crippen LogP contribution in [0.1, 0.15) is 11.1 Å². The van der Waals surface area contributed by atoms with Crippen LogP contribution in [0.3, 0.4) is 0 Å². The lowest BCUT2D eigenvalue weighted by Gasteiger charge is -2.13. The van der Waals surface area contributed by atoms with Crippen LogP contribution < -0.4 is 15.0 Å². The molecule has 14 heavy (non-hydrogen) atoms.